The summed E-state index contributed by atoms with van der Waals surface area (Å²) in [6.07, 6.45) is 5.52. The van der Waals surface area contributed by atoms with Crippen LogP contribution in [0.3, 0.4) is 0 Å². The number of rotatable bonds is 4. The largest absolute Gasteiger partial charge is 0.374 e. The fraction of sp³-hybridized carbons (Fsp3) is 0.818. The van der Waals surface area contributed by atoms with Crippen LogP contribution in [0, 0.1) is 5.92 Å². The number of alkyl halides is 1. The van der Waals surface area contributed by atoms with Gasteiger partial charge in [-0.2, -0.15) is 0 Å². The van der Waals surface area contributed by atoms with Gasteiger partial charge in [0.2, 0.25) is 0 Å². The fourth-order valence-electron chi connectivity index (χ4n) is 1.80. The zero-order valence-corrected chi connectivity index (χ0v) is 9.15. The summed E-state index contributed by atoms with van der Waals surface area (Å²) in [5, 5.41) is 0. The molecular formula is C11H19ClO. The minimum atomic E-state index is 0.448. The van der Waals surface area contributed by atoms with E-state index in [1.807, 2.05) is 0 Å². The monoisotopic (exact) mass is 202 g/mol. The molecule has 0 aromatic heterocycles. The smallest absolute Gasteiger partial charge is 0.0689 e. The lowest BCUT2D eigenvalue weighted by Crippen LogP contribution is -2.22. The lowest BCUT2D eigenvalue weighted by Gasteiger charge is -2.26. The summed E-state index contributed by atoms with van der Waals surface area (Å²) >= 11 is 5.62. The van der Waals surface area contributed by atoms with Crippen LogP contribution in [0.25, 0.3) is 0 Å². The fourth-order valence-corrected chi connectivity index (χ4v) is 1.88. The Morgan fingerprint density at radius 2 is 2.31 bits per heavy atom. The molecule has 0 heterocycles. The number of ether oxygens (including phenoxy) is 1. The normalized spacial score (nSPS) is 28.8. The molecule has 0 radical (unpaired) electrons. The Bertz CT molecular complexity index is 167. The van der Waals surface area contributed by atoms with E-state index < -0.39 is 0 Å². The van der Waals surface area contributed by atoms with Gasteiger partial charge in [-0.3, -0.25) is 0 Å². The van der Waals surface area contributed by atoms with E-state index in [0.29, 0.717) is 18.6 Å². The minimum Gasteiger partial charge on any atom is -0.374 e. The lowest BCUT2D eigenvalue weighted by atomic mass is 9.89. The zero-order chi connectivity index (χ0) is 9.68. The van der Waals surface area contributed by atoms with Crippen LogP contribution in [-0.4, -0.2) is 18.6 Å². The highest BCUT2D eigenvalue weighted by atomic mass is 35.5. The molecule has 0 aromatic rings. The van der Waals surface area contributed by atoms with Gasteiger partial charge >= 0.3 is 0 Å². The van der Waals surface area contributed by atoms with E-state index >= 15 is 0 Å². The first-order valence-electron chi connectivity index (χ1n) is 5.06. The van der Waals surface area contributed by atoms with Crippen molar-refractivity contribution in [2.75, 3.05) is 12.5 Å². The second-order valence-corrected chi connectivity index (χ2v) is 4.36. The maximum absolute atomic E-state index is 5.72. The number of halogens is 1. The molecule has 76 valence electrons. The molecule has 0 N–H and O–H groups in total. The molecule has 1 saturated carbocycles. The highest BCUT2D eigenvalue weighted by molar-refractivity contribution is 6.19. The van der Waals surface area contributed by atoms with E-state index in [9.17, 15) is 0 Å². The Hall–Kier alpha value is -0.0100. The van der Waals surface area contributed by atoms with Crippen molar-refractivity contribution in [1.82, 2.24) is 0 Å². The molecule has 0 saturated heterocycles. The Morgan fingerprint density at radius 3 is 2.92 bits per heavy atom. The van der Waals surface area contributed by atoms with Crippen molar-refractivity contribution in [2.45, 2.75) is 38.7 Å². The third-order valence-electron chi connectivity index (χ3n) is 2.60. The van der Waals surface area contributed by atoms with Gasteiger partial charge in [0, 0.05) is 5.88 Å². The van der Waals surface area contributed by atoms with Crippen LogP contribution in [0.1, 0.15) is 32.6 Å². The second-order valence-electron chi connectivity index (χ2n) is 4.09. The molecule has 1 aliphatic rings. The maximum Gasteiger partial charge on any atom is 0.0689 e. The van der Waals surface area contributed by atoms with Crippen LogP contribution in [0.2, 0.25) is 0 Å². The van der Waals surface area contributed by atoms with E-state index in [2.05, 4.69) is 13.5 Å². The van der Waals surface area contributed by atoms with Crippen LogP contribution >= 0.6 is 11.6 Å². The molecule has 2 heteroatoms. The first kappa shape index (κ1) is 11.1. The van der Waals surface area contributed by atoms with Gasteiger partial charge in [-0.1, -0.05) is 26.3 Å². The SMILES string of the molecule is C=C(CCl)COC1CCCC(C)C1. The van der Waals surface area contributed by atoms with Crippen molar-refractivity contribution in [3.8, 4) is 0 Å². The molecule has 2 atom stereocenters. The molecule has 0 aliphatic heterocycles. The van der Waals surface area contributed by atoms with Crippen molar-refractivity contribution in [2.24, 2.45) is 5.92 Å². The van der Waals surface area contributed by atoms with E-state index in [1.165, 1.54) is 25.7 Å². The summed E-state index contributed by atoms with van der Waals surface area (Å²) < 4.78 is 5.72. The van der Waals surface area contributed by atoms with Crippen molar-refractivity contribution in [3.05, 3.63) is 12.2 Å². The van der Waals surface area contributed by atoms with Crippen LogP contribution < -0.4 is 0 Å². The van der Waals surface area contributed by atoms with E-state index in [-0.39, 0.29) is 0 Å². The van der Waals surface area contributed by atoms with Gasteiger partial charge in [-0.05, 0) is 24.3 Å². The highest BCUT2D eigenvalue weighted by Gasteiger charge is 2.18. The Balaban J connectivity index is 2.17. The van der Waals surface area contributed by atoms with E-state index in [0.717, 1.165) is 11.5 Å². The van der Waals surface area contributed by atoms with E-state index in [1.54, 1.807) is 0 Å². The molecule has 0 aromatic carbocycles. The van der Waals surface area contributed by atoms with Gasteiger partial charge in [0.1, 0.15) is 0 Å². The third kappa shape index (κ3) is 4.15. The summed E-state index contributed by atoms with van der Waals surface area (Å²) in [4.78, 5) is 0. The van der Waals surface area contributed by atoms with Crippen LogP contribution in [0.15, 0.2) is 12.2 Å². The Morgan fingerprint density at radius 1 is 1.54 bits per heavy atom. The Kier molecular flexibility index (Phi) is 4.82. The van der Waals surface area contributed by atoms with Gasteiger partial charge in [-0.15, -0.1) is 11.6 Å². The first-order chi connectivity index (χ1) is 6.22. The van der Waals surface area contributed by atoms with Crippen molar-refractivity contribution < 1.29 is 4.74 Å². The van der Waals surface area contributed by atoms with Crippen LogP contribution in [0.4, 0.5) is 0 Å². The lowest BCUT2D eigenvalue weighted by molar-refractivity contribution is 0.0288. The molecule has 1 aliphatic carbocycles. The molecule has 1 fully saturated rings. The van der Waals surface area contributed by atoms with Crippen molar-refractivity contribution >= 4 is 11.6 Å². The standard InChI is InChI=1S/C11H19ClO/c1-9-4-3-5-11(6-9)13-8-10(2)7-12/h9,11H,2-8H2,1H3. The molecule has 13 heavy (non-hydrogen) atoms. The molecule has 1 nitrogen and oxygen atoms in total. The van der Waals surface area contributed by atoms with Gasteiger partial charge < -0.3 is 4.74 Å². The molecule has 2 unspecified atom stereocenters. The van der Waals surface area contributed by atoms with Gasteiger partial charge in [0.15, 0.2) is 0 Å². The first-order valence-corrected chi connectivity index (χ1v) is 5.60. The molecule has 1 rings (SSSR count). The van der Waals surface area contributed by atoms with Gasteiger partial charge in [-0.25, -0.2) is 0 Å². The van der Waals surface area contributed by atoms with Gasteiger partial charge in [0.25, 0.3) is 0 Å². The number of hydrogen-bond donors (Lipinski definition) is 0. The Labute approximate surface area is 86.1 Å². The topological polar surface area (TPSA) is 9.23 Å². The summed E-state index contributed by atoms with van der Waals surface area (Å²) in [5.41, 5.74) is 0.986. The average Bonchev–Trinajstić information content (AvgIpc) is 2.14. The molecular weight excluding hydrogens is 184 g/mol. The number of hydrogen-bond acceptors (Lipinski definition) is 1. The highest BCUT2D eigenvalue weighted by Crippen LogP contribution is 2.25. The summed E-state index contributed by atoms with van der Waals surface area (Å²) in [6.45, 7) is 6.76. The minimum absolute atomic E-state index is 0.448. The summed E-state index contributed by atoms with van der Waals surface area (Å²) in [6, 6.07) is 0. The van der Waals surface area contributed by atoms with E-state index in [4.69, 9.17) is 16.3 Å². The van der Waals surface area contributed by atoms with Crippen molar-refractivity contribution in [3.63, 3.8) is 0 Å². The van der Waals surface area contributed by atoms with Crippen molar-refractivity contribution in [1.29, 1.82) is 0 Å². The summed E-state index contributed by atoms with van der Waals surface area (Å²) in [5.74, 6) is 1.34. The predicted octanol–water partition coefficient (Wildman–Crippen LogP) is 3.38. The van der Waals surface area contributed by atoms with Crippen LogP contribution in [0.5, 0.6) is 0 Å². The van der Waals surface area contributed by atoms with Gasteiger partial charge in [0.05, 0.1) is 12.7 Å². The molecule has 0 amide bonds. The predicted molar refractivity (Wildman–Crippen MR) is 57.2 cm³/mol. The quantitative estimate of drug-likeness (QED) is 0.502. The maximum atomic E-state index is 5.72. The summed E-state index contributed by atoms with van der Waals surface area (Å²) in [7, 11) is 0. The molecule has 0 bridgehead atoms. The zero-order valence-electron chi connectivity index (χ0n) is 8.39. The second kappa shape index (κ2) is 5.66. The third-order valence-corrected chi connectivity index (χ3v) is 2.98. The van der Waals surface area contributed by atoms with Crippen LogP contribution in [-0.2, 0) is 4.74 Å². The average molecular weight is 203 g/mol. The molecule has 0 spiro atoms.